The Morgan fingerprint density at radius 1 is 1.15 bits per heavy atom. The van der Waals surface area contributed by atoms with Crippen molar-refractivity contribution in [1.82, 2.24) is 24.6 Å². The minimum absolute atomic E-state index is 0.0347. The first-order valence-electron chi connectivity index (χ1n) is 8.65. The number of imidazole rings is 1. The Hall–Kier alpha value is -3.13. The van der Waals surface area contributed by atoms with Gasteiger partial charge in [0, 0.05) is 12.6 Å². The third kappa shape index (κ3) is 2.78. The molecule has 27 heavy (non-hydrogen) atoms. The van der Waals surface area contributed by atoms with Crippen LogP contribution in [-0.2, 0) is 4.79 Å². The summed E-state index contributed by atoms with van der Waals surface area (Å²) in [4.78, 5) is 17.3. The van der Waals surface area contributed by atoms with E-state index in [-0.39, 0.29) is 17.7 Å². The standard InChI is InChI=1S/C19H16N6OS/c26-17(25-15(10-11-20-25)13-6-2-1-3-7-13)12-27-19-23-22-18-21-14-8-4-5-9-16(14)24(18)19/h1-9,11,15H,10,12H2,(H,21,22). The average molecular weight is 376 g/mol. The number of hydrazone groups is 1. The molecule has 2 aromatic carbocycles. The first-order valence-corrected chi connectivity index (χ1v) is 9.63. The number of nitrogens with one attached hydrogen (secondary N) is 1. The summed E-state index contributed by atoms with van der Waals surface area (Å²) in [7, 11) is 0. The van der Waals surface area contributed by atoms with Gasteiger partial charge in [-0.25, -0.2) is 15.1 Å². The van der Waals surface area contributed by atoms with Crippen LogP contribution in [0.25, 0.3) is 16.8 Å². The maximum absolute atomic E-state index is 12.8. The minimum Gasteiger partial charge on any atom is -0.272 e. The Labute approximate surface area is 159 Å². The topological polar surface area (TPSA) is 78.6 Å². The molecule has 2 aromatic heterocycles. The summed E-state index contributed by atoms with van der Waals surface area (Å²) in [6.07, 6.45) is 2.54. The second kappa shape index (κ2) is 6.55. The van der Waals surface area contributed by atoms with E-state index in [1.54, 1.807) is 11.2 Å². The molecule has 1 amide bonds. The highest BCUT2D eigenvalue weighted by molar-refractivity contribution is 7.99. The van der Waals surface area contributed by atoms with Gasteiger partial charge in [-0.15, -0.1) is 5.10 Å². The Morgan fingerprint density at radius 2 is 1.96 bits per heavy atom. The number of rotatable bonds is 4. The van der Waals surface area contributed by atoms with E-state index in [4.69, 9.17) is 0 Å². The number of nitrogens with zero attached hydrogens (tertiary/aromatic N) is 5. The van der Waals surface area contributed by atoms with Crippen LogP contribution in [0.5, 0.6) is 0 Å². The fourth-order valence-electron chi connectivity index (χ4n) is 3.34. The van der Waals surface area contributed by atoms with Gasteiger partial charge in [-0.05, 0) is 17.7 Å². The van der Waals surface area contributed by atoms with E-state index in [1.165, 1.54) is 11.8 Å². The van der Waals surface area contributed by atoms with Crippen LogP contribution in [0.4, 0.5) is 0 Å². The third-order valence-electron chi connectivity index (χ3n) is 4.60. The molecule has 1 aliphatic heterocycles. The van der Waals surface area contributed by atoms with E-state index in [1.807, 2.05) is 59.0 Å². The molecule has 1 N–H and O–H groups in total. The number of aromatic nitrogens is 4. The van der Waals surface area contributed by atoms with Crippen LogP contribution in [0.3, 0.4) is 0 Å². The van der Waals surface area contributed by atoms with Crippen molar-refractivity contribution in [2.75, 3.05) is 5.75 Å². The van der Waals surface area contributed by atoms with Gasteiger partial charge in [-0.2, -0.15) is 5.10 Å². The van der Waals surface area contributed by atoms with Crippen molar-refractivity contribution in [2.45, 2.75) is 17.6 Å². The lowest BCUT2D eigenvalue weighted by Gasteiger charge is -2.21. The van der Waals surface area contributed by atoms with Crippen LogP contribution in [-0.4, -0.2) is 42.5 Å². The van der Waals surface area contributed by atoms with Gasteiger partial charge in [0.2, 0.25) is 5.78 Å². The molecule has 0 bridgehead atoms. The lowest BCUT2D eigenvalue weighted by Crippen LogP contribution is -2.28. The molecule has 0 saturated carbocycles. The molecule has 0 saturated heterocycles. The number of fused-ring (bicyclic) bond motifs is 3. The van der Waals surface area contributed by atoms with Gasteiger partial charge < -0.3 is 0 Å². The zero-order valence-corrected chi connectivity index (χ0v) is 15.1. The highest BCUT2D eigenvalue weighted by atomic mass is 32.2. The van der Waals surface area contributed by atoms with Crippen molar-refractivity contribution in [3.63, 3.8) is 0 Å². The number of carbonyl (C=O) groups excluding carboxylic acids is 1. The average Bonchev–Trinajstić information content (AvgIpc) is 3.42. The summed E-state index contributed by atoms with van der Waals surface area (Å²) in [5.74, 6) is 0.892. The number of aromatic amines is 1. The van der Waals surface area contributed by atoms with E-state index in [2.05, 4.69) is 20.3 Å². The van der Waals surface area contributed by atoms with Gasteiger partial charge in [-0.3, -0.25) is 9.20 Å². The number of thioether (sulfide) groups is 1. The zero-order chi connectivity index (χ0) is 18.2. The number of hydrogen-bond acceptors (Lipinski definition) is 5. The molecule has 7 nitrogen and oxygen atoms in total. The third-order valence-corrected chi connectivity index (χ3v) is 5.52. The van der Waals surface area contributed by atoms with Gasteiger partial charge in [0.05, 0.1) is 22.8 Å². The van der Waals surface area contributed by atoms with E-state index >= 15 is 0 Å². The Bertz CT molecular complexity index is 1150. The Morgan fingerprint density at radius 3 is 2.85 bits per heavy atom. The highest BCUT2D eigenvalue weighted by Crippen LogP contribution is 2.29. The van der Waals surface area contributed by atoms with Crippen molar-refractivity contribution >= 4 is 40.7 Å². The van der Waals surface area contributed by atoms with E-state index in [9.17, 15) is 4.79 Å². The maximum Gasteiger partial charge on any atom is 0.253 e. The van der Waals surface area contributed by atoms with Crippen LogP contribution in [0.15, 0.2) is 64.9 Å². The molecule has 0 aliphatic carbocycles. The normalized spacial score (nSPS) is 16.6. The predicted octanol–water partition coefficient (Wildman–Crippen LogP) is 3.26. The molecule has 0 spiro atoms. The van der Waals surface area contributed by atoms with Crippen molar-refractivity contribution in [2.24, 2.45) is 5.10 Å². The summed E-state index contributed by atoms with van der Waals surface area (Å²) in [5.41, 5.74) is 2.96. The van der Waals surface area contributed by atoms with Crippen molar-refractivity contribution < 1.29 is 4.79 Å². The van der Waals surface area contributed by atoms with Crippen molar-refractivity contribution in [1.29, 1.82) is 0 Å². The molecule has 1 unspecified atom stereocenters. The molecule has 8 heteroatoms. The SMILES string of the molecule is O=C(CSc1n[nH]c2nc3ccccc3n12)N1N=CCC1c1ccccc1. The molecule has 134 valence electrons. The van der Waals surface area contributed by atoms with Crippen molar-refractivity contribution in [3.8, 4) is 0 Å². The quantitative estimate of drug-likeness (QED) is 0.555. The fourth-order valence-corrected chi connectivity index (χ4v) is 4.15. The molecule has 1 aliphatic rings. The lowest BCUT2D eigenvalue weighted by molar-refractivity contribution is -0.130. The highest BCUT2D eigenvalue weighted by Gasteiger charge is 2.28. The van der Waals surface area contributed by atoms with Crippen LogP contribution >= 0.6 is 11.8 Å². The van der Waals surface area contributed by atoms with Gasteiger partial charge in [0.1, 0.15) is 0 Å². The molecular formula is C19H16N6OS. The zero-order valence-electron chi connectivity index (χ0n) is 14.3. The molecule has 4 aromatic rings. The number of amides is 1. The van der Waals surface area contributed by atoms with Crippen LogP contribution in [0, 0.1) is 0 Å². The Balaban J connectivity index is 1.36. The summed E-state index contributed by atoms with van der Waals surface area (Å²) in [6.45, 7) is 0. The monoisotopic (exact) mass is 376 g/mol. The predicted molar refractivity (Wildman–Crippen MR) is 105 cm³/mol. The fraction of sp³-hybridized carbons (Fsp3) is 0.158. The summed E-state index contributed by atoms with van der Waals surface area (Å²) in [5, 5.41) is 13.8. The number of hydrogen-bond donors (Lipinski definition) is 1. The van der Waals surface area contributed by atoms with E-state index in [0.717, 1.165) is 23.0 Å². The molecule has 5 rings (SSSR count). The van der Waals surface area contributed by atoms with E-state index < -0.39 is 0 Å². The molecule has 1 atom stereocenters. The molecule has 0 radical (unpaired) electrons. The second-order valence-electron chi connectivity index (χ2n) is 6.25. The second-order valence-corrected chi connectivity index (χ2v) is 7.20. The van der Waals surface area contributed by atoms with Crippen LogP contribution in [0.2, 0.25) is 0 Å². The molecular weight excluding hydrogens is 360 g/mol. The number of benzene rings is 2. The summed E-state index contributed by atoms with van der Waals surface area (Å²) >= 11 is 1.38. The first-order chi connectivity index (χ1) is 13.3. The summed E-state index contributed by atoms with van der Waals surface area (Å²) < 4.78 is 1.94. The van der Waals surface area contributed by atoms with Crippen LogP contribution in [0.1, 0.15) is 18.0 Å². The number of carbonyl (C=O) groups is 1. The summed E-state index contributed by atoms with van der Waals surface area (Å²) in [6, 6.07) is 17.8. The van der Waals surface area contributed by atoms with Gasteiger partial charge in [0.15, 0.2) is 5.16 Å². The minimum atomic E-state index is -0.0387. The smallest absolute Gasteiger partial charge is 0.253 e. The number of H-pyrrole nitrogens is 1. The van der Waals surface area contributed by atoms with Crippen molar-refractivity contribution in [3.05, 3.63) is 60.2 Å². The maximum atomic E-state index is 12.8. The Kier molecular flexibility index (Phi) is 3.90. The number of para-hydroxylation sites is 2. The van der Waals surface area contributed by atoms with Gasteiger partial charge in [0.25, 0.3) is 5.91 Å². The van der Waals surface area contributed by atoms with Gasteiger partial charge in [-0.1, -0.05) is 54.2 Å². The molecule has 0 fully saturated rings. The van der Waals surface area contributed by atoms with Crippen LogP contribution < -0.4 is 0 Å². The largest absolute Gasteiger partial charge is 0.272 e. The lowest BCUT2D eigenvalue weighted by atomic mass is 10.0. The first kappa shape index (κ1) is 16.1. The molecule has 3 heterocycles. The van der Waals surface area contributed by atoms with E-state index in [0.29, 0.717) is 10.9 Å². The van der Waals surface area contributed by atoms with Gasteiger partial charge >= 0.3 is 0 Å².